The van der Waals surface area contributed by atoms with Crippen LogP contribution in [0.25, 0.3) is 10.8 Å². The Morgan fingerprint density at radius 2 is 2.00 bits per heavy atom. The summed E-state index contributed by atoms with van der Waals surface area (Å²) in [6.07, 6.45) is 3.62. The number of aliphatic imine (C=N–C) groups is 1. The Hall–Kier alpha value is -2.08. The Bertz CT molecular complexity index is 850. The molecule has 0 saturated carbocycles. The van der Waals surface area contributed by atoms with E-state index in [4.69, 9.17) is 4.99 Å². The van der Waals surface area contributed by atoms with Crippen LogP contribution in [0, 0.1) is 16.0 Å². The molecule has 0 N–H and O–H groups in total. The van der Waals surface area contributed by atoms with E-state index in [0.29, 0.717) is 17.3 Å². The van der Waals surface area contributed by atoms with Gasteiger partial charge < -0.3 is 4.90 Å². The maximum atomic E-state index is 11.3. The average molecular weight is 386 g/mol. The number of hydrogen-bond donors (Lipinski definition) is 0. The Kier molecular flexibility index (Phi) is 6.37. The van der Waals surface area contributed by atoms with Gasteiger partial charge in [0.25, 0.3) is 5.69 Å². The monoisotopic (exact) mass is 385 g/mol. The van der Waals surface area contributed by atoms with E-state index >= 15 is 0 Å². The number of nitrogens with zero attached hydrogens (tertiary/aromatic N) is 3. The van der Waals surface area contributed by atoms with Crippen molar-refractivity contribution in [2.75, 3.05) is 12.3 Å². The summed E-state index contributed by atoms with van der Waals surface area (Å²) in [4.78, 5) is 18.4. The number of fused-ring (bicyclic) bond motifs is 1. The fourth-order valence-corrected chi connectivity index (χ4v) is 4.76. The van der Waals surface area contributed by atoms with Crippen molar-refractivity contribution in [1.29, 1.82) is 0 Å². The molecule has 0 unspecified atom stereocenters. The number of nitro groups is 1. The summed E-state index contributed by atoms with van der Waals surface area (Å²) in [5, 5.41) is 13.9. The SMILES string of the molecule is CCCC[C@H]1CS/C(=N\c2ccc([N+](=O)[O-])c3ccccc23)N1CC(C)C. The first-order valence-electron chi connectivity index (χ1n) is 9.65. The average Bonchev–Trinajstić information content (AvgIpc) is 3.00. The first kappa shape index (κ1) is 19.7. The van der Waals surface area contributed by atoms with Crippen LogP contribution in [0.4, 0.5) is 11.4 Å². The Balaban J connectivity index is 1.99. The van der Waals surface area contributed by atoms with E-state index in [9.17, 15) is 10.1 Å². The third-order valence-electron chi connectivity index (χ3n) is 4.83. The number of amidine groups is 1. The molecule has 2 aromatic carbocycles. The molecule has 1 aliphatic heterocycles. The lowest BCUT2D eigenvalue weighted by atomic mass is 10.1. The minimum Gasteiger partial charge on any atom is -0.347 e. The second kappa shape index (κ2) is 8.74. The second-order valence-corrected chi connectivity index (χ2v) is 8.44. The van der Waals surface area contributed by atoms with Gasteiger partial charge in [-0.2, -0.15) is 0 Å². The van der Waals surface area contributed by atoms with Crippen molar-refractivity contribution in [2.24, 2.45) is 10.9 Å². The van der Waals surface area contributed by atoms with Gasteiger partial charge in [0, 0.05) is 29.8 Å². The number of thioether (sulfide) groups is 1. The van der Waals surface area contributed by atoms with Gasteiger partial charge in [0.05, 0.1) is 16.0 Å². The van der Waals surface area contributed by atoms with E-state index in [0.717, 1.165) is 28.5 Å². The Labute approximate surface area is 165 Å². The molecule has 144 valence electrons. The lowest BCUT2D eigenvalue weighted by Gasteiger charge is -2.27. The van der Waals surface area contributed by atoms with E-state index in [1.54, 1.807) is 30.0 Å². The van der Waals surface area contributed by atoms with E-state index in [2.05, 4.69) is 25.7 Å². The molecular formula is C21H27N3O2S. The first-order chi connectivity index (χ1) is 13.0. The molecule has 2 aromatic rings. The molecule has 1 atom stereocenters. The van der Waals surface area contributed by atoms with Crippen LogP contribution in [-0.2, 0) is 0 Å². The van der Waals surface area contributed by atoms with Crippen LogP contribution in [0.5, 0.6) is 0 Å². The normalized spacial score (nSPS) is 18.7. The molecule has 0 spiro atoms. The largest absolute Gasteiger partial charge is 0.347 e. The van der Waals surface area contributed by atoms with Gasteiger partial charge in [0.2, 0.25) is 0 Å². The second-order valence-electron chi connectivity index (χ2n) is 7.45. The van der Waals surface area contributed by atoms with Crippen molar-refractivity contribution < 1.29 is 4.92 Å². The van der Waals surface area contributed by atoms with E-state index in [1.807, 2.05) is 18.2 Å². The number of non-ortho nitro benzene ring substituents is 1. The van der Waals surface area contributed by atoms with E-state index in [1.165, 1.54) is 19.3 Å². The summed E-state index contributed by atoms with van der Waals surface area (Å²) in [6, 6.07) is 11.3. The van der Waals surface area contributed by atoms with Crippen molar-refractivity contribution in [1.82, 2.24) is 4.90 Å². The Morgan fingerprint density at radius 1 is 1.26 bits per heavy atom. The number of rotatable bonds is 7. The van der Waals surface area contributed by atoms with Crippen LogP contribution in [0.2, 0.25) is 0 Å². The number of hydrogen-bond acceptors (Lipinski definition) is 4. The highest BCUT2D eigenvalue weighted by Crippen LogP contribution is 2.36. The van der Waals surface area contributed by atoms with Crippen LogP contribution >= 0.6 is 11.8 Å². The summed E-state index contributed by atoms with van der Waals surface area (Å²) in [7, 11) is 0. The zero-order valence-corrected chi connectivity index (χ0v) is 17.0. The molecule has 27 heavy (non-hydrogen) atoms. The quantitative estimate of drug-likeness (QED) is 0.433. The van der Waals surface area contributed by atoms with Gasteiger partial charge in [-0.1, -0.05) is 63.6 Å². The van der Waals surface area contributed by atoms with Crippen molar-refractivity contribution in [2.45, 2.75) is 46.1 Å². The minimum atomic E-state index is -0.324. The zero-order valence-electron chi connectivity index (χ0n) is 16.2. The molecule has 1 saturated heterocycles. The molecule has 0 radical (unpaired) electrons. The maximum absolute atomic E-state index is 11.3. The van der Waals surface area contributed by atoms with Gasteiger partial charge in [-0.3, -0.25) is 10.1 Å². The number of unbranched alkanes of at least 4 members (excludes halogenated alkanes) is 1. The van der Waals surface area contributed by atoms with Crippen LogP contribution in [0.15, 0.2) is 41.4 Å². The summed E-state index contributed by atoms with van der Waals surface area (Å²) in [5.41, 5.74) is 0.942. The molecule has 0 amide bonds. The van der Waals surface area contributed by atoms with Crippen LogP contribution < -0.4 is 0 Å². The summed E-state index contributed by atoms with van der Waals surface area (Å²) in [5.74, 6) is 1.63. The third kappa shape index (κ3) is 4.43. The predicted molar refractivity (Wildman–Crippen MR) is 115 cm³/mol. The molecule has 0 bridgehead atoms. The molecule has 5 nitrogen and oxygen atoms in total. The van der Waals surface area contributed by atoms with Gasteiger partial charge in [0.1, 0.15) is 0 Å². The van der Waals surface area contributed by atoms with Gasteiger partial charge in [-0.25, -0.2) is 4.99 Å². The molecule has 1 heterocycles. The molecule has 6 heteroatoms. The maximum Gasteiger partial charge on any atom is 0.277 e. The third-order valence-corrected chi connectivity index (χ3v) is 5.97. The topological polar surface area (TPSA) is 58.7 Å². The van der Waals surface area contributed by atoms with Crippen molar-refractivity contribution in [3.05, 3.63) is 46.5 Å². The molecule has 3 rings (SSSR count). The standard InChI is InChI=1S/C21H27N3O2S/c1-4-5-8-16-14-27-21(23(16)13-15(2)3)22-19-11-12-20(24(25)26)18-10-7-6-9-17(18)19/h6-7,9-12,15-16H,4-5,8,13-14H2,1-3H3/b22-21-/t16-/m0/s1. The highest BCUT2D eigenvalue weighted by Gasteiger charge is 2.30. The molecule has 1 fully saturated rings. The van der Waals surface area contributed by atoms with Crippen LogP contribution in [-0.4, -0.2) is 33.3 Å². The van der Waals surface area contributed by atoms with E-state index in [-0.39, 0.29) is 10.6 Å². The Morgan fingerprint density at radius 3 is 2.67 bits per heavy atom. The fraction of sp³-hybridized carbons (Fsp3) is 0.476. The first-order valence-corrected chi connectivity index (χ1v) is 10.6. The number of benzene rings is 2. The minimum absolute atomic E-state index is 0.133. The lowest BCUT2D eigenvalue weighted by molar-refractivity contribution is -0.383. The smallest absolute Gasteiger partial charge is 0.277 e. The van der Waals surface area contributed by atoms with Crippen molar-refractivity contribution >= 4 is 39.1 Å². The van der Waals surface area contributed by atoms with Gasteiger partial charge in [-0.05, 0) is 24.5 Å². The van der Waals surface area contributed by atoms with Crippen LogP contribution in [0.1, 0.15) is 40.0 Å². The van der Waals surface area contributed by atoms with Crippen LogP contribution in [0.3, 0.4) is 0 Å². The predicted octanol–water partition coefficient (Wildman–Crippen LogP) is 6.00. The fourth-order valence-electron chi connectivity index (χ4n) is 3.52. The molecule has 0 aromatic heterocycles. The summed E-state index contributed by atoms with van der Waals surface area (Å²) < 4.78 is 0. The number of nitro benzene ring substituents is 1. The molecule has 0 aliphatic carbocycles. The van der Waals surface area contributed by atoms with Crippen molar-refractivity contribution in [3.63, 3.8) is 0 Å². The molecular weight excluding hydrogens is 358 g/mol. The highest BCUT2D eigenvalue weighted by atomic mass is 32.2. The summed E-state index contributed by atoms with van der Waals surface area (Å²) >= 11 is 1.81. The lowest BCUT2D eigenvalue weighted by Crippen LogP contribution is -2.36. The summed E-state index contributed by atoms with van der Waals surface area (Å²) in [6.45, 7) is 7.69. The zero-order chi connectivity index (χ0) is 19.4. The van der Waals surface area contributed by atoms with Gasteiger partial charge >= 0.3 is 0 Å². The van der Waals surface area contributed by atoms with Gasteiger partial charge in [-0.15, -0.1) is 0 Å². The van der Waals surface area contributed by atoms with Crippen molar-refractivity contribution in [3.8, 4) is 0 Å². The molecule has 1 aliphatic rings. The van der Waals surface area contributed by atoms with E-state index < -0.39 is 0 Å². The van der Waals surface area contributed by atoms with Gasteiger partial charge in [0.15, 0.2) is 5.17 Å². The highest BCUT2D eigenvalue weighted by molar-refractivity contribution is 8.14.